The van der Waals surface area contributed by atoms with Crippen LogP contribution in [-0.2, 0) is 0 Å². The molecular weight excluding hydrogens is 168 g/mol. The van der Waals surface area contributed by atoms with Crippen LogP contribution in [0.4, 0.5) is 0 Å². The summed E-state index contributed by atoms with van der Waals surface area (Å²) in [5.74, 6) is 0. The first kappa shape index (κ1) is 9.41. The number of hydrogen-bond donors (Lipinski definition) is 2. The zero-order valence-electron chi connectivity index (χ0n) is 7.19. The van der Waals surface area contributed by atoms with Crippen LogP contribution in [0, 0.1) is 0 Å². The quantitative estimate of drug-likeness (QED) is 0.640. The minimum absolute atomic E-state index is 0.542. The van der Waals surface area contributed by atoms with E-state index in [2.05, 4.69) is 10.2 Å². The number of aromatic nitrogens is 2. The molecule has 68 valence electrons. The Morgan fingerprint density at radius 2 is 2.08 bits per heavy atom. The van der Waals surface area contributed by atoms with Gasteiger partial charge in [-0.05, 0) is 6.07 Å². The lowest BCUT2D eigenvalue weighted by Crippen LogP contribution is -1.77. The molecule has 2 rings (SSSR count). The second kappa shape index (κ2) is 4.37. The van der Waals surface area contributed by atoms with Gasteiger partial charge in [0.2, 0.25) is 0 Å². The van der Waals surface area contributed by atoms with Gasteiger partial charge in [-0.2, -0.15) is 5.10 Å². The third kappa shape index (κ3) is 1.73. The molecule has 0 aliphatic heterocycles. The number of H-pyrrole nitrogens is 1. The SMILES string of the molecule is CO.O=Cc1[nH]nc2ccccc12. The lowest BCUT2D eigenvalue weighted by Gasteiger charge is -1.83. The van der Waals surface area contributed by atoms with Gasteiger partial charge in [0.15, 0.2) is 6.29 Å². The highest BCUT2D eigenvalue weighted by Gasteiger charge is 2.00. The molecule has 1 aromatic heterocycles. The van der Waals surface area contributed by atoms with Crippen LogP contribution < -0.4 is 0 Å². The fourth-order valence-corrected chi connectivity index (χ4v) is 1.07. The molecule has 0 atom stereocenters. The minimum atomic E-state index is 0.542. The molecule has 0 spiro atoms. The van der Waals surface area contributed by atoms with Gasteiger partial charge in [-0.15, -0.1) is 0 Å². The zero-order chi connectivity index (χ0) is 9.68. The third-order valence-electron chi connectivity index (χ3n) is 1.61. The van der Waals surface area contributed by atoms with Crippen LogP contribution in [0.3, 0.4) is 0 Å². The van der Waals surface area contributed by atoms with E-state index in [9.17, 15) is 4.79 Å². The number of aldehydes is 1. The highest BCUT2D eigenvalue weighted by molar-refractivity contribution is 5.94. The molecule has 2 aromatic rings. The van der Waals surface area contributed by atoms with Crippen molar-refractivity contribution in [2.24, 2.45) is 0 Å². The molecule has 0 saturated carbocycles. The van der Waals surface area contributed by atoms with Crippen molar-refractivity contribution in [1.82, 2.24) is 10.2 Å². The molecule has 0 fully saturated rings. The molecule has 1 heterocycles. The Bertz CT molecular complexity index is 395. The number of aromatic amines is 1. The van der Waals surface area contributed by atoms with Gasteiger partial charge >= 0.3 is 0 Å². The van der Waals surface area contributed by atoms with Crippen molar-refractivity contribution < 1.29 is 9.90 Å². The van der Waals surface area contributed by atoms with Crippen molar-refractivity contribution in [3.05, 3.63) is 30.0 Å². The number of aliphatic hydroxyl groups excluding tert-OH is 1. The number of para-hydroxylation sites is 1. The highest BCUT2D eigenvalue weighted by atomic mass is 16.2. The van der Waals surface area contributed by atoms with Crippen molar-refractivity contribution in [2.45, 2.75) is 0 Å². The van der Waals surface area contributed by atoms with Crippen molar-refractivity contribution in [2.75, 3.05) is 7.11 Å². The Morgan fingerprint density at radius 3 is 2.77 bits per heavy atom. The highest BCUT2D eigenvalue weighted by Crippen LogP contribution is 2.12. The normalized spacial score (nSPS) is 9.08. The van der Waals surface area contributed by atoms with E-state index < -0.39 is 0 Å². The first-order valence-corrected chi connectivity index (χ1v) is 3.75. The lowest BCUT2D eigenvalue weighted by molar-refractivity contribution is 0.112. The van der Waals surface area contributed by atoms with Crippen LogP contribution >= 0.6 is 0 Å². The fraction of sp³-hybridized carbons (Fsp3) is 0.111. The molecule has 0 unspecified atom stereocenters. The molecule has 0 aliphatic carbocycles. The summed E-state index contributed by atoms with van der Waals surface area (Å²) in [7, 11) is 1.00. The zero-order valence-corrected chi connectivity index (χ0v) is 7.19. The Labute approximate surface area is 75.2 Å². The number of rotatable bonds is 1. The van der Waals surface area contributed by atoms with Crippen LogP contribution in [-0.4, -0.2) is 28.7 Å². The molecule has 0 saturated heterocycles. The van der Waals surface area contributed by atoms with Gasteiger partial charge in [0.1, 0.15) is 5.69 Å². The smallest absolute Gasteiger partial charge is 0.168 e. The first-order valence-electron chi connectivity index (χ1n) is 3.75. The molecule has 0 bridgehead atoms. The van der Waals surface area contributed by atoms with Crippen LogP contribution in [0.5, 0.6) is 0 Å². The maximum atomic E-state index is 10.4. The Hall–Kier alpha value is -1.68. The summed E-state index contributed by atoms with van der Waals surface area (Å²) in [5, 5.41) is 14.5. The summed E-state index contributed by atoms with van der Waals surface area (Å²) < 4.78 is 0. The first-order chi connectivity index (χ1) is 6.42. The van der Waals surface area contributed by atoms with Gasteiger partial charge < -0.3 is 5.11 Å². The van der Waals surface area contributed by atoms with Gasteiger partial charge in [-0.1, -0.05) is 18.2 Å². The third-order valence-corrected chi connectivity index (χ3v) is 1.61. The number of carbonyl (C=O) groups is 1. The molecule has 0 aliphatic rings. The van der Waals surface area contributed by atoms with Crippen LogP contribution in [0.15, 0.2) is 24.3 Å². The molecule has 4 heteroatoms. The number of fused-ring (bicyclic) bond motifs is 1. The average molecular weight is 178 g/mol. The van der Waals surface area contributed by atoms with Crippen LogP contribution in [0.1, 0.15) is 10.5 Å². The number of nitrogens with zero attached hydrogens (tertiary/aromatic N) is 1. The number of hydrogen-bond acceptors (Lipinski definition) is 3. The molecular formula is C9H10N2O2. The average Bonchev–Trinajstić information content (AvgIpc) is 2.64. The fourth-order valence-electron chi connectivity index (χ4n) is 1.07. The summed E-state index contributed by atoms with van der Waals surface area (Å²) in [6.07, 6.45) is 0.773. The molecule has 13 heavy (non-hydrogen) atoms. The Kier molecular flexibility index (Phi) is 3.16. The van der Waals surface area contributed by atoms with E-state index in [0.717, 1.165) is 24.3 Å². The number of nitrogens with one attached hydrogen (secondary N) is 1. The van der Waals surface area contributed by atoms with E-state index in [1.165, 1.54) is 0 Å². The van der Waals surface area contributed by atoms with Gasteiger partial charge in [-0.3, -0.25) is 9.89 Å². The molecule has 0 amide bonds. The number of aliphatic hydroxyl groups is 1. The monoisotopic (exact) mass is 178 g/mol. The Morgan fingerprint density at radius 1 is 1.38 bits per heavy atom. The van der Waals surface area contributed by atoms with E-state index in [1.807, 2.05) is 24.3 Å². The number of carbonyl (C=O) groups excluding carboxylic acids is 1. The predicted octanol–water partition coefficient (Wildman–Crippen LogP) is 0.984. The second-order valence-electron chi connectivity index (χ2n) is 2.27. The Balaban J connectivity index is 0.000000396. The van der Waals surface area contributed by atoms with Crippen LogP contribution in [0.2, 0.25) is 0 Å². The van der Waals surface area contributed by atoms with E-state index >= 15 is 0 Å². The summed E-state index contributed by atoms with van der Waals surface area (Å²) in [4.78, 5) is 10.4. The van der Waals surface area contributed by atoms with E-state index in [4.69, 9.17) is 5.11 Å². The van der Waals surface area contributed by atoms with Gasteiger partial charge in [0.25, 0.3) is 0 Å². The molecule has 1 aromatic carbocycles. The summed E-state index contributed by atoms with van der Waals surface area (Å²) in [5.41, 5.74) is 1.37. The van der Waals surface area contributed by atoms with Gasteiger partial charge in [-0.25, -0.2) is 0 Å². The maximum Gasteiger partial charge on any atom is 0.168 e. The van der Waals surface area contributed by atoms with E-state index in [0.29, 0.717) is 5.69 Å². The van der Waals surface area contributed by atoms with Crippen molar-refractivity contribution >= 4 is 17.2 Å². The summed E-state index contributed by atoms with van der Waals surface area (Å²) in [6.45, 7) is 0. The molecule has 2 N–H and O–H groups in total. The predicted molar refractivity (Wildman–Crippen MR) is 49.6 cm³/mol. The second-order valence-corrected chi connectivity index (χ2v) is 2.27. The summed E-state index contributed by atoms with van der Waals surface area (Å²) >= 11 is 0. The molecule has 4 nitrogen and oxygen atoms in total. The topological polar surface area (TPSA) is 66.0 Å². The van der Waals surface area contributed by atoms with E-state index in [-0.39, 0.29) is 0 Å². The standard InChI is InChI=1S/C8H6N2O.CH4O/c11-5-8-6-3-1-2-4-7(6)9-10-8;1-2/h1-5H,(H,9,10);2H,1H3. The van der Waals surface area contributed by atoms with E-state index in [1.54, 1.807) is 0 Å². The van der Waals surface area contributed by atoms with Crippen molar-refractivity contribution in [1.29, 1.82) is 0 Å². The lowest BCUT2D eigenvalue weighted by atomic mass is 10.2. The van der Waals surface area contributed by atoms with Crippen molar-refractivity contribution in [3.8, 4) is 0 Å². The van der Waals surface area contributed by atoms with Gasteiger partial charge in [0.05, 0.1) is 5.52 Å². The number of benzene rings is 1. The largest absolute Gasteiger partial charge is 0.400 e. The summed E-state index contributed by atoms with van der Waals surface area (Å²) in [6, 6.07) is 7.49. The van der Waals surface area contributed by atoms with Gasteiger partial charge in [0, 0.05) is 12.5 Å². The maximum absolute atomic E-state index is 10.4. The van der Waals surface area contributed by atoms with Crippen molar-refractivity contribution in [3.63, 3.8) is 0 Å². The minimum Gasteiger partial charge on any atom is -0.400 e. The van der Waals surface area contributed by atoms with Crippen LogP contribution in [0.25, 0.3) is 10.9 Å². The molecule has 0 radical (unpaired) electrons.